The summed E-state index contributed by atoms with van der Waals surface area (Å²) >= 11 is 0. The van der Waals surface area contributed by atoms with Crippen LogP contribution >= 0.6 is 0 Å². The number of hydrogen-bond donors (Lipinski definition) is 2. The van der Waals surface area contributed by atoms with E-state index in [-0.39, 0.29) is 12.5 Å². The minimum atomic E-state index is -0.659. The van der Waals surface area contributed by atoms with Crippen LogP contribution in [0.15, 0.2) is 0 Å². The summed E-state index contributed by atoms with van der Waals surface area (Å²) in [5, 5.41) is 0. The smallest absolute Gasteiger partial charge is 0.327 e. The highest BCUT2D eigenvalue weighted by atomic mass is 16.6. The number of esters is 2. The van der Waals surface area contributed by atoms with Gasteiger partial charge in [0.15, 0.2) is 0 Å². The zero-order chi connectivity index (χ0) is 18.0. The third kappa shape index (κ3) is 16.9. The van der Waals surface area contributed by atoms with E-state index in [9.17, 15) is 14.4 Å². The SMILES string of the molecule is NCC(=O)OC(=O)CCCCCCCCCCCCCCC(N)=O. The van der Waals surface area contributed by atoms with Gasteiger partial charge in [0.05, 0.1) is 6.54 Å². The Morgan fingerprint density at radius 3 is 1.33 bits per heavy atom. The highest BCUT2D eigenvalue weighted by Gasteiger charge is 2.07. The summed E-state index contributed by atoms with van der Waals surface area (Å²) in [6.07, 6.45) is 14.3. The van der Waals surface area contributed by atoms with Gasteiger partial charge >= 0.3 is 11.9 Å². The molecule has 0 heterocycles. The monoisotopic (exact) mass is 342 g/mol. The molecule has 0 aliphatic heterocycles. The number of carbonyl (C=O) groups excluding carboxylic acids is 3. The lowest BCUT2D eigenvalue weighted by atomic mass is 10.0. The molecule has 0 aromatic heterocycles. The molecule has 0 unspecified atom stereocenters. The van der Waals surface area contributed by atoms with Crippen molar-refractivity contribution in [2.45, 2.75) is 89.9 Å². The van der Waals surface area contributed by atoms with Crippen molar-refractivity contribution in [2.75, 3.05) is 6.54 Å². The first-order valence-corrected chi connectivity index (χ1v) is 9.28. The molecule has 0 spiro atoms. The molecular formula is C18H34N2O4. The summed E-state index contributed by atoms with van der Waals surface area (Å²) in [5.41, 5.74) is 10.2. The molecule has 0 atom stereocenters. The molecule has 140 valence electrons. The molecule has 0 saturated heterocycles. The van der Waals surface area contributed by atoms with E-state index in [0.717, 1.165) is 32.1 Å². The van der Waals surface area contributed by atoms with Crippen molar-refractivity contribution in [1.82, 2.24) is 0 Å². The Balaban J connectivity index is 3.16. The predicted octanol–water partition coefficient (Wildman–Crippen LogP) is 2.96. The van der Waals surface area contributed by atoms with Gasteiger partial charge in [0, 0.05) is 12.8 Å². The van der Waals surface area contributed by atoms with E-state index in [4.69, 9.17) is 11.5 Å². The standard InChI is InChI=1S/C18H34N2O4/c19-15-18(23)24-17(22)14-12-10-8-6-4-2-1-3-5-7-9-11-13-16(20)21/h1-15,19H2,(H2,20,21). The summed E-state index contributed by atoms with van der Waals surface area (Å²) in [5.74, 6) is -1.33. The van der Waals surface area contributed by atoms with Crippen LogP contribution < -0.4 is 11.5 Å². The molecule has 0 rings (SSSR count). The van der Waals surface area contributed by atoms with Gasteiger partial charge in [-0.15, -0.1) is 0 Å². The van der Waals surface area contributed by atoms with Crippen molar-refractivity contribution in [3.63, 3.8) is 0 Å². The summed E-state index contributed by atoms with van der Waals surface area (Å²) < 4.78 is 4.49. The molecule has 0 radical (unpaired) electrons. The maximum atomic E-state index is 11.2. The average molecular weight is 342 g/mol. The molecule has 0 aromatic rings. The second kappa shape index (κ2) is 16.4. The van der Waals surface area contributed by atoms with Gasteiger partial charge in [0.25, 0.3) is 0 Å². The lowest BCUT2D eigenvalue weighted by molar-refractivity contribution is -0.158. The summed E-state index contributed by atoms with van der Waals surface area (Å²) in [7, 11) is 0. The van der Waals surface area contributed by atoms with E-state index in [1.54, 1.807) is 0 Å². The van der Waals surface area contributed by atoms with Gasteiger partial charge in [-0.05, 0) is 12.8 Å². The van der Waals surface area contributed by atoms with Crippen molar-refractivity contribution >= 4 is 17.8 Å². The number of nitrogens with two attached hydrogens (primary N) is 2. The highest BCUT2D eigenvalue weighted by molar-refractivity contribution is 5.86. The normalized spacial score (nSPS) is 10.5. The molecule has 0 saturated carbocycles. The molecule has 4 N–H and O–H groups in total. The van der Waals surface area contributed by atoms with Crippen molar-refractivity contribution in [2.24, 2.45) is 11.5 Å². The summed E-state index contributed by atoms with van der Waals surface area (Å²) in [6, 6.07) is 0. The van der Waals surface area contributed by atoms with E-state index < -0.39 is 11.9 Å². The predicted molar refractivity (Wildman–Crippen MR) is 94.0 cm³/mol. The first-order chi connectivity index (χ1) is 11.6. The number of unbranched alkanes of at least 4 members (excludes halogenated alkanes) is 11. The van der Waals surface area contributed by atoms with Crippen molar-refractivity contribution in [1.29, 1.82) is 0 Å². The number of primary amides is 1. The molecule has 1 amide bonds. The first kappa shape index (κ1) is 22.6. The fraction of sp³-hybridized carbons (Fsp3) is 0.833. The van der Waals surface area contributed by atoms with Gasteiger partial charge in [0.1, 0.15) is 0 Å². The minimum absolute atomic E-state index is 0.198. The van der Waals surface area contributed by atoms with Crippen LogP contribution in [0.3, 0.4) is 0 Å². The Labute approximate surface area is 145 Å². The van der Waals surface area contributed by atoms with E-state index in [0.29, 0.717) is 12.8 Å². The van der Waals surface area contributed by atoms with E-state index >= 15 is 0 Å². The second-order valence-electron chi connectivity index (χ2n) is 6.26. The Bertz CT molecular complexity index is 359. The molecule has 0 aliphatic carbocycles. The molecule has 0 bridgehead atoms. The van der Waals surface area contributed by atoms with Crippen LogP contribution in [0.5, 0.6) is 0 Å². The number of rotatable bonds is 16. The van der Waals surface area contributed by atoms with Crippen LogP contribution in [-0.2, 0) is 19.1 Å². The molecule has 6 nitrogen and oxygen atoms in total. The average Bonchev–Trinajstić information content (AvgIpc) is 2.54. The molecule has 0 aromatic carbocycles. The molecule has 24 heavy (non-hydrogen) atoms. The summed E-state index contributed by atoms with van der Waals surface area (Å²) in [4.78, 5) is 32.6. The number of hydrogen-bond acceptors (Lipinski definition) is 5. The maximum absolute atomic E-state index is 11.2. The van der Waals surface area contributed by atoms with Gasteiger partial charge < -0.3 is 16.2 Å². The van der Waals surface area contributed by atoms with E-state index in [1.165, 1.54) is 44.9 Å². The summed E-state index contributed by atoms with van der Waals surface area (Å²) in [6.45, 7) is -0.251. The molecule has 0 fully saturated rings. The number of amides is 1. The van der Waals surface area contributed by atoms with E-state index in [1.807, 2.05) is 0 Å². The van der Waals surface area contributed by atoms with Gasteiger partial charge in [-0.25, -0.2) is 0 Å². The second-order valence-corrected chi connectivity index (χ2v) is 6.26. The first-order valence-electron chi connectivity index (χ1n) is 9.28. The Morgan fingerprint density at radius 2 is 0.958 bits per heavy atom. The fourth-order valence-corrected chi connectivity index (χ4v) is 2.56. The highest BCUT2D eigenvalue weighted by Crippen LogP contribution is 2.13. The fourth-order valence-electron chi connectivity index (χ4n) is 2.56. The lowest BCUT2D eigenvalue weighted by Crippen LogP contribution is -2.20. The zero-order valence-electron chi connectivity index (χ0n) is 14.9. The minimum Gasteiger partial charge on any atom is -0.392 e. The Kier molecular flexibility index (Phi) is 15.4. The van der Waals surface area contributed by atoms with Gasteiger partial charge in [-0.2, -0.15) is 0 Å². The molecular weight excluding hydrogens is 308 g/mol. The van der Waals surface area contributed by atoms with Crippen LogP contribution in [0.4, 0.5) is 0 Å². The van der Waals surface area contributed by atoms with Gasteiger partial charge in [-0.3, -0.25) is 14.4 Å². The molecule has 6 heteroatoms. The van der Waals surface area contributed by atoms with Crippen LogP contribution in [0.25, 0.3) is 0 Å². The maximum Gasteiger partial charge on any atom is 0.327 e. The zero-order valence-corrected chi connectivity index (χ0v) is 14.9. The van der Waals surface area contributed by atoms with Gasteiger partial charge in [0.2, 0.25) is 5.91 Å². The largest absolute Gasteiger partial charge is 0.392 e. The quantitative estimate of drug-likeness (QED) is 0.254. The lowest BCUT2D eigenvalue weighted by Gasteiger charge is -2.03. The number of carbonyl (C=O) groups is 3. The van der Waals surface area contributed by atoms with Crippen molar-refractivity contribution < 1.29 is 19.1 Å². The van der Waals surface area contributed by atoms with Crippen molar-refractivity contribution in [3.05, 3.63) is 0 Å². The topological polar surface area (TPSA) is 112 Å². The van der Waals surface area contributed by atoms with Crippen molar-refractivity contribution in [3.8, 4) is 0 Å². The van der Waals surface area contributed by atoms with Crippen LogP contribution in [0.2, 0.25) is 0 Å². The third-order valence-electron chi connectivity index (χ3n) is 3.95. The molecule has 0 aliphatic rings. The third-order valence-corrected chi connectivity index (χ3v) is 3.95. The van der Waals surface area contributed by atoms with Crippen LogP contribution in [0.1, 0.15) is 89.9 Å². The van der Waals surface area contributed by atoms with Crippen LogP contribution in [-0.4, -0.2) is 24.4 Å². The van der Waals surface area contributed by atoms with Crippen LogP contribution in [0, 0.1) is 0 Å². The van der Waals surface area contributed by atoms with E-state index in [2.05, 4.69) is 4.74 Å². The van der Waals surface area contributed by atoms with Gasteiger partial charge in [-0.1, -0.05) is 64.2 Å². The Hall–Kier alpha value is -1.43. The Morgan fingerprint density at radius 1 is 0.583 bits per heavy atom. The number of ether oxygens (including phenoxy) is 1.